The Balaban J connectivity index is 2.06. The molecule has 0 aromatic carbocycles. The molecule has 0 saturated carbocycles. The number of cyclic esters (lactones) is 1. The summed E-state index contributed by atoms with van der Waals surface area (Å²) in [6.07, 6.45) is 3.21. The van der Waals surface area contributed by atoms with Gasteiger partial charge < -0.3 is 15.4 Å². The third-order valence-electron chi connectivity index (χ3n) is 2.31. The molecular weight excluding hydrogens is 194 g/mol. The van der Waals surface area contributed by atoms with Crippen LogP contribution in [0.25, 0.3) is 0 Å². The van der Waals surface area contributed by atoms with Gasteiger partial charge in [-0.2, -0.15) is 0 Å². The number of ether oxygens (including phenoxy) is 1. The minimum absolute atomic E-state index is 0.256. The number of aromatic nitrogens is 1. The number of nitrogens with two attached hydrogens (primary N) is 1. The van der Waals surface area contributed by atoms with Gasteiger partial charge >= 0.3 is 6.09 Å². The molecule has 0 unspecified atom stereocenters. The fourth-order valence-corrected chi connectivity index (χ4v) is 1.53. The first kappa shape index (κ1) is 9.92. The number of hydrogen-bond donors (Lipinski definition) is 1. The number of rotatable bonds is 3. The van der Waals surface area contributed by atoms with E-state index in [9.17, 15) is 4.79 Å². The predicted octanol–water partition coefficient (Wildman–Crippen LogP) is 0.492. The SMILES string of the molecule is NCc1cncc(CN2CCOC2=O)c1. The van der Waals surface area contributed by atoms with E-state index in [1.165, 1.54) is 0 Å². The summed E-state index contributed by atoms with van der Waals surface area (Å²) < 4.78 is 4.84. The van der Waals surface area contributed by atoms with Crippen LogP contribution in [0.5, 0.6) is 0 Å². The number of carbonyl (C=O) groups is 1. The van der Waals surface area contributed by atoms with Crippen molar-refractivity contribution < 1.29 is 9.53 Å². The van der Waals surface area contributed by atoms with E-state index < -0.39 is 0 Å². The summed E-state index contributed by atoms with van der Waals surface area (Å²) in [5.41, 5.74) is 7.46. The molecule has 1 amide bonds. The van der Waals surface area contributed by atoms with Gasteiger partial charge in [0.2, 0.25) is 0 Å². The maximum atomic E-state index is 11.2. The third kappa shape index (κ3) is 2.24. The van der Waals surface area contributed by atoms with Crippen LogP contribution in [0.15, 0.2) is 18.5 Å². The van der Waals surface area contributed by atoms with Crippen LogP contribution >= 0.6 is 0 Å². The van der Waals surface area contributed by atoms with Crippen LogP contribution in [0.3, 0.4) is 0 Å². The molecule has 1 fully saturated rings. The predicted molar refractivity (Wildman–Crippen MR) is 53.9 cm³/mol. The molecule has 1 aliphatic heterocycles. The molecule has 0 bridgehead atoms. The van der Waals surface area contributed by atoms with Crippen molar-refractivity contribution in [3.63, 3.8) is 0 Å². The van der Waals surface area contributed by atoms with E-state index in [2.05, 4.69) is 4.98 Å². The second-order valence-corrected chi connectivity index (χ2v) is 3.44. The molecule has 0 aliphatic carbocycles. The summed E-state index contributed by atoms with van der Waals surface area (Å²) in [5, 5.41) is 0. The molecule has 5 nitrogen and oxygen atoms in total. The topological polar surface area (TPSA) is 68.4 Å². The Morgan fingerprint density at radius 2 is 2.27 bits per heavy atom. The smallest absolute Gasteiger partial charge is 0.410 e. The quantitative estimate of drug-likeness (QED) is 0.783. The normalized spacial score (nSPS) is 15.5. The molecule has 1 aromatic heterocycles. The van der Waals surface area contributed by atoms with Gasteiger partial charge in [-0.1, -0.05) is 0 Å². The lowest BCUT2D eigenvalue weighted by molar-refractivity contribution is 0.157. The average Bonchev–Trinajstić information content (AvgIpc) is 2.65. The number of amides is 1. The lowest BCUT2D eigenvalue weighted by atomic mass is 10.2. The van der Waals surface area contributed by atoms with Crippen molar-refractivity contribution in [2.24, 2.45) is 5.73 Å². The highest BCUT2D eigenvalue weighted by Gasteiger charge is 2.21. The van der Waals surface area contributed by atoms with E-state index >= 15 is 0 Å². The lowest BCUT2D eigenvalue weighted by Crippen LogP contribution is -2.23. The summed E-state index contributed by atoms with van der Waals surface area (Å²) in [7, 11) is 0. The molecule has 0 atom stereocenters. The zero-order valence-electron chi connectivity index (χ0n) is 8.35. The van der Waals surface area contributed by atoms with E-state index in [-0.39, 0.29) is 6.09 Å². The van der Waals surface area contributed by atoms with Crippen LogP contribution in [-0.2, 0) is 17.8 Å². The van der Waals surface area contributed by atoms with Gasteiger partial charge in [-0.25, -0.2) is 4.79 Å². The van der Waals surface area contributed by atoms with E-state index in [1.807, 2.05) is 6.07 Å². The van der Waals surface area contributed by atoms with Crippen LogP contribution in [0.4, 0.5) is 4.79 Å². The van der Waals surface area contributed by atoms with Crippen LogP contribution < -0.4 is 5.73 Å². The molecule has 1 aliphatic rings. The van der Waals surface area contributed by atoms with Gasteiger partial charge in [0.05, 0.1) is 13.1 Å². The number of pyridine rings is 1. The first-order valence-corrected chi connectivity index (χ1v) is 4.84. The molecule has 1 aromatic rings. The maximum Gasteiger partial charge on any atom is 0.410 e. The number of carbonyl (C=O) groups excluding carboxylic acids is 1. The van der Waals surface area contributed by atoms with Gasteiger partial charge in [0, 0.05) is 18.9 Å². The lowest BCUT2D eigenvalue weighted by Gasteiger charge is -2.12. The first-order valence-electron chi connectivity index (χ1n) is 4.84. The van der Waals surface area contributed by atoms with Crippen molar-refractivity contribution in [1.82, 2.24) is 9.88 Å². The summed E-state index contributed by atoms with van der Waals surface area (Å²) in [5.74, 6) is 0. The molecule has 15 heavy (non-hydrogen) atoms. The molecule has 2 heterocycles. The van der Waals surface area contributed by atoms with Crippen LogP contribution in [0.2, 0.25) is 0 Å². The summed E-state index contributed by atoms with van der Waals surface area (Å²) >= 11 is 0. The minimum Gasteiger partial charge on any atom is -0.448 e. The van der Waals surface area contributed by atoms with Gasteiger partial charge in [0.1, 0.15) is 6.61 Å². The Bertz CT molecular complexity index is 367. The van der Waals surface area contributed by atoms with Gasteiger partial charge in [0.15, 0.2) is 0 Å². The Morgan fingerprint density at radius 3 is 2.93 bits per heavy atom. The highest BCUT2D eigenvalue weighted by Crippen LogP contribution is 2.10. The van der Waals surface area contributed by atoms with Gasteiger partial charge in [-0.15, -0.1) is 0 Å². The molecule has 2 N–H and O–H groups in total. The molecule has 1 saturated heterocycles. The van der Waals surface area contributed by atoms with Crippen molar-refractivity contribution in [2.75, 3.05) is 13.2 Å². The highest BCUT2D eigenvalue weighted by atomic mass is 16.6. The van der Waals surface area contributed by atoms with Crippen LogP contribution in [0, 0.1) is 0 Å². The second-order valence-electron chi connectivity index (χ2n) is 3.44. The van der Waals surface area contributed by atoms with Crippen molar-refractivity contribution in [2.45, 2.75) is 13.1 Å². The van der Waals surface area contributed by atoms with Crippen molar-refractivity contribution in [3.8, 4) is 0 Å². The zero-order chi connectivity index (χ0) is 10.7. The Hall–Kier alpha value is -1.62. The van der Waals surface area contributed by atoms with E-state index in [4.69, 9.17) is 10.5 Å². The number of hydrogen-bond acceptors (Lipinski definition) is 4. The summed E-state index contributed by atoms with van der Waals surface area (Å²) in [6, 6.07) is 1.96. The summed E-state index contributed by atoms with van der Waals surface area (Å²) in [4.78, 5) is 16.9. The Kier molecular flexibility index (Phi) is 2.82. The van der Waals surface area contributed by atoms with Gasteiger partial charge in [-0.3, -0.25) is 4.98 Å². The average molecular weight is 207 g/mol. The Labute approximate surface area is 87.8 Å². The monoisotopic (exact) mass is 207 g/mol. The van der Waals surface area contributed by atoms with Gasteiger partial charge in [0.25, 0.3) is 0 Å². The molecule has 2 rings (SSSR count). The van der Waals surface area contributed by atoms with Gasteiger partial charge in [-0.05, 0) is 17.2 Å². The molecule has 0 spiro atoms. The van der Waals surface area contributed by atoms with E-state index in [1.54, 1.807) is 17.3 Å². The maximum absolute atomic E-state index is 11.2. The molecule has 5 heteroatoms. The zero-order valence-corrected chi connectivity index (χ0v) is 8.35. The van der Waals surface area contributed by atoms with E-state index in [0.717, 1.165) is 11.1 Å². The first-order chi connectivity index (χ1) is 7.29. The minimum atomic E-state index is -0.256. The fourth-order valence-electron chi connectivity index (χ4n) is 1.53. The summed E-state index contributed by atoms with van der Waals surface area (Å²) in [6.45, 7) is 2.12. The molecular formula is C10H13N3O2. The van der Waals surface area contributed by atoms with E-state index in [0.29, 0.717) is 26.2 Å². The van der Waals surface area contributed by atoms with Crippen molar-refractivity contribution in [3.05, 3.63) is 29.6 Å². The third-order valence-corrected chi connectivity index (χ3v) is 2.31. The second kappa shape index (κ2) is 4.27. The van der Waals surface area contributed by atoms with Crippen LogP contribution in [-0.4, -0.2) is 29.1 Å². The molecule has 0 radical (unpaired) electrons. The largest absolute Gasteiger partial charge is 0.448 e. The van der Waals surface area contributed by atoms with Crippen molar-refractivity contribution >= 4 is 6.09 Å². The highest BCUT2D eigenvalue weighted by molar-refractivity contribution is 5.69. The number of nitrogens with zero attached hydrogens (tertiary/aromatic N) is 2. The standard InChI is InChI=1S/C10H13N3O2/c11-4-8-3-9(6-12-5-8)7-13-1-2-15-10(13)14/h3,5-6H,1-2,4,7,11H2. The van der Waals surface area contributed by atoms with Crippen molar-refractivity contribution in [1.29, 1.82) is 0 Å². The fraction of sp³-hybridized carbons (Fsp3) is 0.400. The molecule has 80 valence electrons. The Morgan fingerprint density at radius 1 is 1.47 bits per heavy atom. The van der Waals surface area contributed by atoms with Crippen LogP contribution in [0.1, 0.15) is 11.1 Å².